The van der Waals surface area contributed by atoms with Crippen molar-refractivity contribution >= 4 is 17.5 Å². The lowest BCUT2D eigenvalue weighted by Gasteiger charge is -2.09. The van der Waals surface area contributed by atoms with Crippen LogP contribution in [0, 0.1) is 0 Å². The molecule has 0 aliphatic heterocycles. The topological polar surface area (TPSA) is 128 Å². The SMILES string of the molecule is NC(=O)C(O)CNC(=O)CCOc1ccc(N)cc1. The van der Waals surface area contributed by atoms with Crippen molar-refractivity contribution in [3.8, 4) is 5.75 Å². The van der Waals surface area contributed by atoms with Crippen LogP contribution in [0.5, 0.6) is 5.75 Å². The van der Waals surface area contributed by atoms with Gasteiger partial charge in [0, 0.05) is 5.69 Å². The molecule has 0 radical (unpaired) electrons. The van der Waals surface area contributed by atoms with Gasteiger partial charge in [0.1, 0.15) is 11.9 Å². The first kappa shape index (κ1) is 14.8. The molecule has 0 heterocycles. The molecule has 0 fully saturated rings. The van der Waals surface area contributed by atoms with Crippen LogP contribution in [0.1, 0.15) is 6.42 Å². The van der Waals surface area contributed by atoms with Gasteiger partial charge in [0.2, 0.25) is 11.8 Å². The lowest BCUT2D eigenvalue weighted by Crippen LogP contribution is -2.40. The van der Waals surface area contributed by atoms with Crippen LogP contribution >= 0.6 is 0 Å². The number of primary amides is 1. The molecule has 2 amide bonds. The Kier molecular flexibility index (Phi) is 5.62. The fourth-order valence-electron chi connectivity index (χ4n) is 1.23. The summed E-state index contributed by atoms with van der Waals surface area (Å²) >= 11 is 0. The zero-order chi connectivity index (χ0) is 14.3. The molecule has 7 nitrogen and oxygen atoms in total. The number of hydrogen-bond acceptors (Lipinski definition) is 5. The van der Waals surface area contributed by atoms with Gasteiger partial charge in [-0.1, -0.05) is 0 Å². The van der Waals surface area contributed by atoms with Crippen LogP contribution in [0.3, 0.4) is 0 Å². The molecule has 0 bridgehead atoms. The Labute approximate surface area is 110 Å². The van der Waals surface area contributed by atoms with Crippen LogP contribution in [0.15, 0.2) is 24.3 Å². The van der Waals surface area contributed by atoms with Gasteiger partial charge >= 0.3 is 0 Å². The van der Waals surface area contributed by atoms with Crippen molar-refractivity contribution in [3.63, 3.8) is 0 Å². The van der Waals surface area contributed by atoms with Crippen molar-refractivity contribution in [1.82, 2.24) is 5.32 Å². The zero-order valence-corrected chi connectivity index (χ0v) is 10.3. The van der Waals surface area contributed by atoms with Crippen molar-refractivity contribution in [1.29, 1.82) is 0 Å². The standard InChI is InChI=1S/C12H17N3O4/c13-8-1-3-9(4-2-8)19-6-5-11(17)15-7-10(16)12(14)18/h1-4,10,16H,5-7,13H2,(H2,14,18)(H,15,17). The number of carbonyl (C=O) groups excluding carboxylic acids is 2. The van der Waals surface area contributed by atoms with Crippen LogP contribution in [0.4, 0.5) is 5.69 Å². The highest BCUT2D eigenvalue weighted by molar-refractivity contribution is 5.80. The molecule has 1 aromatic carbocycles. The van der Waals surface area contributed by atoms with E-state index in [9.17, 15) is 9.59 Å². The summed E-state index contributed by atoms with van der Waals surface area (Å²) in [6.45, 7) is -0.0154. The normalized spacial score (nSPS) is 11.6. The first-order valence-electron chi connectivity index (χ1n) is 5.71. The van der Waals surface area contributed by atoms with Crippen molar-refractivity contribution in [3.05, 3.63) is 24.3 Å². The summed E-state index contributed by atoms with van der Waals surface area (Å²) in [6.07, 6.45) is -1.27. The molecule has 1 atom stereocenters. The van der Waals surface area contributed by atoms with Crippen molar-refractivity contribution in [2.75, 3.05) is 18.9 Å². The highest BCUT2D eigenvalue weighted by Gasteiger charge is 2.11. The van der Waals surface area contributed by atoms with Gasteiger partial charge in [0.05, 0.1) is 19.6 Å². The number of amides is 2. The Hall–Kier alpha value is -2.28. The van der Waals surface area contributed by atoms with E-state index in [1.165, 1.54) is 0 Å². The summed E-state index contributed by atoms with van der Waals surface area (Å²) in [4.78, 5) is 21.9. The summed E-state index contributed by atoms with van der Waals surface area (Å²) in [5.74, 6) is -0.603. The molecule has 19 heavy (non-hydrogen) atoms. The van der Waals surface area contributed by atoms with Gasteiger partial charge in [0.25, 0.3) is 0 Å². The molecular formula is C12H17N3O4. The minimum absolute atomic E-state index is 0.107. The Morgan fingerprint density at radius 2 is 1.95 bits per heavy atom. The van der Waals surface area contributed by atoms with E-state index >= 15 is 0 Å². The quantitative estimate of drug-likeness (QED) is 0.471. The fourth-order valence-corrected chi connectivity index (χ4v) is 1.23. The second-order valence-corrected chi connectivity index (χ2v) is 3.89. The van der Waals surface area contributed by atoms with E-state index in [1.807, 2.05) is 0 Å². The number of aliphatic hydroxyl groups is 1. The van der Waals surface area contributed by atoms with E-state index in [0.717, 1.165) is 0 Å². The molecule has 0 aliphatic rings. The molecule has 1 rings (SSSR count). The van der Waals surface area contributed by atoms with Crippen LogP contribution in [-0.2, 0) is 9.59 Å². The van der Waals surface area contributed by atoms with Crippen LogP contribution < -0.4 is 21.5 Å². The molecule has 1 unspecified atom stereocenters. The second-order valence-electron chi connectivity index (χ2n) is 3.89. The summed E-state index contributed by atoms with van der Waals surface area (Å²) in [5, 5.41) is 11.4. The molecule has 104 valence electrons. The predicted octanol–water partition coefficient (Wildman–Crippen LogP) is -1.000. The zero-order valence-electron chi connectivity index (χ0n) is 10.3. The van der Waals surface area contributed by atoms with E-state index in [0.29, 0.717) is 11.4 Å². The Morgan fingerprint density at radius 3 is 2.53 bits per heavy atom. The highest BCUT2D eigenvalue weighted by Crippen LogP contribution is 2.12. The fraction of sp³-hybridized carbons (Fsp3) is 0.333. The van der Waals surface area contributed by atoms with E-state index in [4.69, 9.17) is 21.3 Å². The van der Waals surface area contributed by atoms with E-state index in [2.05, 4.69) is 5.32 Å². The molecule has 6 N–H and O–H groups in total. The largest absolute Gasteiger partial charge is 0.493 e. The average Bonchev–Trinajstić information content (AvgIpc) is 2.38. The number of benzene rings is 1. The highest BCUT2D eigenvalue weighted by atomic mass is 16.5. The summed E-state index contributed by atoms with van der Waals surface area (Å²) < 4.78 is 5.32. The molecule has 0 spiro atoms. The van der Waals surface area contributed by atoms with E-state index < -0.39 is 12.0 Å². The average molecular weight is 267 g/mol. The molecule has 7 heteroatoms. The van der Waals surface area contributed by atoms with Gasteiger partial charge in [-0.2, -0.15) is 0 Å². The maximum Gasteiger partial charge on any atom is 0.248 e. The molecular weight excluding hydrogens is 250 g/mol. The lowest BCUT2D eigenvalue weighted by atomic mass is 10.3. The third kappa shape index (κ3) is 5.73. The van der Waals surface area contributed by atoms with Gasteiger partial charge in [0.15, 0.2) is 0 Å². The van der Waals surface area contributed by atoms with Gasteiger partial charge in [-0.3, -0.25) is 9.59 Å². The van der Waals surface area contributed by atoms with E-state index in [-0.39, 0.29) is 25.5 Å². The minimum Gasteiger partial charge on any atom is -0.493 e. The number of ether oxygens (including phenoxy) is 1. The first-order valence-corrected chi connectivity index (χ1v) is 5.71. The maximum absolute atomic E-state index is 11.3. The first-order chi connectivity index (χ1) is 8.99. The van der Waals surface area contributed by atoms with Crippen LogP contribution in [0.2, 0.25) is 0 Å². The van der Waals surface area contributed by atoms with Gasteiger partial charge in [-0.25, -0.2) is 0 Å². The summed E-state index contributed by atoms with van der Waals surface area (Å²) in [7, 11) is 0. The number of rotatable bonds is 7. The number of hydrogen-bond donors (Lipinski definition) is 4. The number of carbonyl (C=O) groups is 2. The number of nitrogens with one attached hydrogen (secondary N) is 1. The van der Waals surface area contributed by atoms with Crippen molar-refractivity contribution in [2.24, 2.45) is 5.73 Å². The third-order valence-electron chi connectivity index (χ3n) is 2.30. The molecule has 1 aromatic rings. The van der Waals surface area contributed by atoms with Gasteiger partial charge in [-0.15, -0.1) is 0 Å². The smallest absolute Gasteiger partial charge is 0.248 e. The Bertz CT molecular complexity index is 433. The maximum atomic E-state index is 11.3. The number of aliphatic hydroxyl groups excluding tert-OH is 1. The third-order valence-corrected chi connectivity index (χ3v) is 2.30. The predicted molar refractivity (Wildman–Crippen MR) is 69.2 cm³/mol. The van der Waals surface area contributed by atoms with E-state index in [1.54, 1.807) is 24.3 Å². The number of nitrogens with two attached hydrogens (primary N) is 2. The van der Waals surface area contributed by atoms with Gasteiger partial charge in [-0.05, 0) is 24.3 Å². The monoisotopic (exact) mass is 267 g/mol. The molecule has 0 saturated carbocycles. The van der Waals surface area contributed by atoms with Crippen molar-refractivity contribution in [2.45, 2.75) is 12.5 Å². The van der Waals surface area contributed by atoms with Gasteiger partial charge < -0.3 is 26.6 Å². The lowest BCUT2D eigenvalue weighted by molar-refractivity contribution is -0.127. The second kappa shape index (κ2) is 7.22. The molecule has 0 saturated heterocycles. The van der Waals surface area contributed by atoms with Crippen LogP contribution in [0.25, 0.3) is 0 Å². The van der Waals surface area contributed by atoms with Crippen LogP contribution in [-0.4, -0.2) is 36.2 Å². The Balaban J connectivity index is 2.20. The summed E-state index contributed by atoms with van der Waals surface area (Å²) in [5.41, 5.74) is 11.0. The number of nitrogen functional groups attached to an aromatic ring is 1. The Morgan fingerprint density at radius 1 is 1.32 bits per heavy atom. The molecule has 0 aliphatic carbocycles. The molecule has 0 aromatic heterocycles. The summed E-state index contributed by atoms with van der Waals surface area (Å²) in [6, 6.07) is 6.78. The minimum atomic E-state index is -1.37. The van der Waals surface area contributed by atoms with Crippen molar-refractivity contribution < 1.29 is 19.4 Å². The number of anilines is 1.